The van der Waals surface area contributed by atoms with Gasteiger partial charge >= 0.3 is 0 Å². The summed E-state index contributed by atoms with van der Waals surface area (Å²) in [6, 6.07) is 15.6. The van der Waals surface area contributed by atoms with Crippen LogP contribution in [0, 0.1) is 0 Å². The Bertz CT molecular complexity index is 796. The third kappa shape index (κ3) is 4.92. The predicted molar refractivity (Wildman–Crippen MR) is 103 cm³/mol. The lowest BCUT2D eigenvalue weighted by atomic mass is 9.99. The second-order valence-electron chi connectivity index (χ2n) is 6.95. The summed E-state index contributed by atoms with van der Waals surface area (Å²) >= 11 is 0. The van der Waals surface area contributed by atoms with E-state index in [1.165, 1.54) is 12.1 Å². The number of rotatable bonds is 6. The molecule has 0 aromatic heterocycles. The average Bonchev–Trinajstić information content (AvgIpc) is 2.75. The fourth-order valence-electron chi connectivity index (χ4n) is 3.09. The second-order valence-corrected chi connectivity index (χ2v) is 6.95. The zero-order valence-electron chi connectivity index (χ0n) is 15.9. The quantitative estimate of drug-likeness (QED) is 0.471. The lowest BCUT2D eigenvalue weighted by molar-refractivity contribution is -0.277. The molecule has 8 nitrogen and oxygen atoms in total. The molecule has 1 amide bonds. The summed E-state index contributed by atoms with van der Waals surface area (Å²) in [7, 11) is 0. The first kappa shape index (κ1) is 21.2. The SMILES string of the molecule is C[C@@H](NC(=O)c1ccc(OC2OC(CO)C(O)C(O)C2O)cc1)c1ccccc1. The first-order valence-electron chi connectivity index (χ1n) is 9.33. The lowest BCUT2D eigenvalue weighted by Gasteiger charge is -2.39. The first-order valence-corrected chi connectivity index (χ1v) is 9.33. The number of amides is 1. The van der Waals surface area contributed by atoms with Crippen LogP contribution in [0.15, 0.2) is 54.6 Å². The molecule has 5 N–H and O–H groups in total. The molecule has 0 saturated carbocycles. The summed E-state index contributed by atoms with van der Waals surface area (Å²) in [5, 5.41) is 41.8. The van der Waals surface area contributed by atoms with E-state index in [0.717, 1.165) is 5.56 Å². The van der Waals surface area contributed by atoms with Crippen molar-refractivity contribution in [1.29, 1.82) is 0 Å². The third-order valence-electron chi connectivity index (χ3n) is 4.86. The van der Waals surface area contributed by atoms with Crippen molar-refractivity contribution >= 4 is 5.91 Å². The maximum atomic E-state index is 12.4. The van der Waals surface area contributed by atoms with Crippen molar-refractivity contribution in [2.45, 2.75) is 43.7 Å². The topological polar surface area (TPSA) is 128 Å². The van der Waals surface area contributed by atoms with E-state index in [1.807, 2.05) is 37.3 Å². The molecule has 29 heavy (non-hydrogen) atoms. The normalized spacial score (nSPS) is 27.8. The number of carbonyl (C=O) groups is 1. The van der Waals surface area contributed by atoms with Crippen LogP contribution in [-0.2, 0) is 4.74 Å². The van der Waals surface area contributed by atoms with Gasteiger partial charge in [0.1, 0.15) is 30.2 Å². The Morgan fingerprint density at radius 2 is 1.69 bits per heavy atom. The highest BCUT2D eigenvalue weighted by Crippen LogP contribution is 2.24. The van der Waals surface area contributed by atoms with Gasteiger partial charge in [-0.3, -0.25) is 4.79 Å². The molecule has 3 rings (SSSR count). The van der Waals surface area contributed by atoms with Crippen LogP contribution in [0.5, 0.6) is 5.75 Å². The summed E-state index contributed by atoms with van der Waals surface area (Å²) in [6.07, 6.45) is -6.79. The molecule has 1 heterocycles. The molecule has 8 heteroatoms. The minimum atomic E-state index is -1.52. The van der Waals surface area contributed by atoms with E-state index in [9.17, 15) is 25.2 Å². The number of hydrogen-bond donors (Lipinski definition) is 5. The lowest BCUT2D eigenvalue weighted by Crippen LogP contribution is -2.60. The van der Waals surface area contributed by atoms with Crippen LogP contribution in [-0.4, -0.2) is 63.6 Å². The molecule has 0 spiro atoms. The molecule has 0 aliphatic carbocycles. The summed E-state index contributed by atoms with van der Waals surface area (Å²) in [5.74, 6) is 0.0442. The van der Waals surface area contributed by atoms with Crippen LogP contribution in [0.4, 0.5) is 0 Å². The molecule has 1 aliphatic rings. The largest absolute Gasteiger partial charge is 0.462 e. The molecule has 1 aliphatic heterocycles. The van der Waals surface area contributed by atoms with Gasteiger partial charge in [0, 0.05) is 5.56 Å². The summed E-state index contributed by atoms with van der Waals surface area (Å²) in [5.41, 5.74) is 1.41. The Hall–Kier alpha value is -2.49. The number of carbonyl (C=O) groups excluding carboxylic acids is 1. The van der Waals surface area contributed by atoms with E-state index in [1.54, 1.807) is 12.1 Å². The van der Waals surface area contributed by atoms with Crippen LogP contribution >= 0.6 is 0 Å². The Morgan fingerprint density at radius 1 is 1.03 bits per heavy atom. The number of nitrogens with one attached hydrogen (secondary N) is 1. The van der Waals surface area contributed by atoms with Crippen LogP contribution in [0.1, 0.15) is 28.9 Å². The van der Waals surface area contributed by atoms with Crippen molar-refractivity contribution in [2.24, 2.45) is 0 Å². The van der Waals surface area contributed by atoms with E-state index in [2.05, 4.69) is 5.32 Å². The number of aliphatic hydroxyl groups is 4. The molecule has 0 radical (unpaired) electrons. The van der Waals surface area contributed by atoms with Gasteiger partial charge in [-0.15, -0.1) is 0 Å². The fourth-order valence-corrected chi connectivity index (χ4v) is 3.09. The third-order valence-corrected chi connectivity index (χ3v) is 4.86. The van der Waals surface area contributed by atoms with Gasteiger partial charge in [0.05, 0.1) is 12.6 Å². The molecule has 0 bridgehead atoms. The monoisotopic (exact) mass is 403 g/mol. The average molecular weight is 403 g/mol. The van der Waals surface area contributed by atoms with Gasteiger partial charge < -0.3 is 35.2 Å². The zero-order valence-corrected chi connectivity index (χ0v) is 15.9. The smallest absolute Gasteiger partial charge is 0.251 e. The second kappa shape index (κ2) is 9.34. The Kier molecular flexibility index (Phi) is 6.83. The maximum absolute atomic E-state index is 12.4. The van der Waals surface area contributed by atoms with Crippen LogP contribution in [0.3, 0.4) is 0 Å². The Balaban J connectivity index is 1.62. The van der Waals surface area contributed by atoms with Gasteiger partial charge in [-0.1, -0.05) is 30.3 Å². The van der Waals surface area contributed by atoms with Crippen molar-refractivity contribution in [3.05, 3.63) is 65.7 Å². The van der Waals surface area contributed by atoms with Crippen molar-refractivity contribution < 1.29 is 34.7 Å². The molecule has 2 aromatic rings. The van der Waals surface area contributed by atoms with Crippen LogP contribution in [0.2, 0.25) is 0 Å². The predicted octanol–water partition coefficient (Wildman–Crippen LogP) is 0.356. The number of ether oxygens (including phenoxy) is 2. The Morgan fingerprint density at radius 3 is 2.31 bits per heavy atom. The van der Waals surface area contributed by atoms with Gasteiger partial charge in [0.15, 0.2) is 0 Å². The van der Waals surface area contributed by atoms with Gasteiger partial charge in [-0.25, -0.2) is 0 Å². The maximum Gasteiger partial charge on any atom is 0.251 e. The number of benzene rings is 2. The molecule has 2 aromatic carbocycles. The van der Waals surface area contributed by atoms with Gasteiger partial charge in [-0.2, -0.15) is 0 Å². The highest BCUT2D eigenvalue weighted by Gasteiger charge is 2.44. The zero-order chi connectivity index (χ0) is 21.0. The van der Waals surface area contributed by atoms with Gasteiger partial charge in [-0.05, 0) is 36.8 Å². The summed E-state index contributed by atoms with van der Waals surface area (Å²) < 4.78 is 10.8. The van der Waals surface area contributed by atoms with E-state index in [0.29, 0.717) is 11.3 Å². The molecule has 1 saturated heterocycles. The first-order chi connectivity index (χ1) is 13.9. The van der Waals surface area contributed by atoms with Crippen molar-refractivity contribution in [3.8, 4) is 5.75 Å². The standard InChI is InChI=1S/C21H25NO7/c1-12(13-5-3-2-4-6-13)22-20(27)14-7-9-15(10-8-14)28-21-19(26)18(25)17(24)16(11-23)29-21/h2-10,12,16-19,21,23-26H,11H2,1H3,(H,22,27)/t12-,16?,17?,18?,19?,21?/m1/s1. The number of aliphatic hydroxyl groups excluding tert-OH is 4. The van der Waals surface area contributed by atoms with Crippen molar-refractivity contribution in [3.63, 3.8) is 0 Å². The Labute approximate surface area is 168 Å². The highest BCUT2D eigenvalue weighted by atomic mass is 16.7. The summed E-state index contributed by atoms with van der Waals surface area (Å²) in [4.78, 5) is 12.4. The molecular formula is C21H25NO7. The van der Waals surface area contributed by atoms with Crippen LogP contribution in [0.25, 0.3) is 0 Å². The van der Waals surface area contributed by atoms with E-state index < -0.39 is 37.3 Å². The van der Waals surface area contributed by atoms with Crippen LogP contribution < -0.4 is 10.1 Å². The molecule has 5 unspecified atom stereocenters. The summed E-state index contributed by atoms with van der Waals surface area (Å²) in [6.45, 7) is 1.35. The number of hydrogen-bond acceptors (Lipinski definition) is 7. The van der Waals surface area contributed by atoms with Crippen molar-refractivity contribution in [2.75, 3.05) is 6.61 Å². The van der Waals surface area contributed by atoms with Gasteiger partial charge in [0.25, 0.3) is 5.91 Å². The van der Waals surface area contributed by atoms with Crippen molar-refractivity contribution in [1.82, 2.24) is 5.32 Å². The minimum absolute atomic E-state index is 0.159. The molecule has 6 atom stereocenters. The highest BCUT2D eigenvalue weighted by molar-refractivity contribution is 5.94. The molecular weight excluding hydrogens is 378 g/mol. The van der Waals surface area contributed by atoms with Gasteiger partial charge in [0.2, 0.25) is 6.29 Å². The molecule has 1 fully saturated rings. The van der Waals surface area contributed by atoms with E-state index in [-0.39, 0.29) is 11.9 Å². The van der Waals surface area contributed by atoms with E-state index in [4.69, 9.17) is 9.47 Å². The molecule has 156 valence electrons. The minimum Gasteiger partial charge on any atom is -0.462 e. The van der Waals surface area contributed by atoms with E-state index >= 15 is 0 Å². The fraction of sp³-hybridized carbons (Fsp3) is 0.381.